The highest BCUT2D eigenvalue weighted by Crippen LogP contribution is 2.46. The normalized spacial score (nSPS) is 26.6. The van der Waals surface area contributed by atoms with Gasteiger partial charge in [0.25, 0.3) is 0 Å². The van der Waals surface area contributed by atoms with Gasteiger partial charge in [0.15, 0.2) is 0 Å². The maximum atomic E-state index is 4.64. The highest BCUT2D eigenvalue weighted by atomic mass is 15.0. The second-order valence-corrected chi connectivity index (χ2v) is 6.41. The van der Waals surface area contributed by atoms with Crippen LogP contribution in [0.3, 0.4) is 0 Å². The Hall–Kier alpha value is -1.14. The average molecular weight is 244 g/mol. The van der Waals surface area contributed by atoms with Crippen LogP contribution in [0.15, 0.2) is 32.9 Å². The molecule has 0 radical (unpaired) electrons. The minimum Gasteiger partial charge on any atom is -0.211 e. The molecule has 1 aliphatic heterocycles. The van der Waals surface area contributed by atoms with Crippen LogP contribution in [-0.2, 0) is 0 Å². The molecular formula is C16H24N2. The molecule has 0 aromatic heterocycles. The number of fused-ring (bicyclic) bond motifs is 1. The Morgan fingerprint density at radius 2 is 1.78 bits per heavy atom. The van der Waals surface area contributed by atoms with E-state index < -0.39 is 0 Å². The lowest BCUT2D eigenvalue weighted by Gasteiger charge is -2.37. The first kappa shape index (κ1) is 13.3. The Morgan fingerprint density at radius 1 is 1.11 bits per heavy atom. The molecule has 2 heteroatoms. The summed E-state index contributed by atoms with van der Waals surface area (Å²) in [5, 5.41) is 0. The highest BCUT2D eigenvalue weighted by Gasteiger charge is 2.44. The zero-order valence-corrected chi connectivity index (χ0v) is 12.4. The maximum Gasteiger partial charge on any atom is 0.121 e. The van der Waals surface area contributed by atoms with Gasteiger partial charge >= 0.3 is 0 Å². The van der Waals surface area contributed by atoms with Crippen molar-refractivity contribution in [1.82, 2.24) is 0 Å². The lowest BCUT2D eigenvalue weighted by molar-refractivity contribution is 0.351. The van der Waals surface area contributed by atoms with Gasteiger partial charge in [0.2, 0.25) is 0 Å². The van der Waals surface area contributed by atoms with Gasteiger partial charge < -0.3 is 0 Å². The van der Waals surface area contributed by atoms with Crippen LogP contribution < -0.4 is 0 Å². The predicted molar refractivity (Wildman–Crippen MR) is 76.8 cm³/mol. The first-order valence-electron chi connectivity index (χ1n) is 7.01. The quantitative estimate of drug-likeness (QED) is 0.700. The smallest absolute Gasteiger partial charge is 0.121 e. The van der Waals surface area contributed by atoms with Crippen LogP contribution in [0.5, 0.6) is 0 Å². The number of rotatable bonds is 3. The van der Waals surface area contributed by atoms with Crippen molar-refractivity contribution in [2.24, 2.45) is 27.7 Å². The molecule has 0 bridgehead atoms. The van der Waals surface area contributed by atoms with E-state index in [1.165, 1.54) is 11.1 Å². The summed E-state index contributed by atoms with van der Waals surface area (Å²) < 4.78 is 0. The summed E-state index contributed by atoms with van der Waals surface area (Å²) in [4.78, 5) is 9.10. The number of hydrogen-bond acceptors (Lipinski definition) is 2. The van der Waals surface area contributed by atoms with E-state index in [0.717, 1.165) is 12.1 Å². The minimum absolute atomic E-state index is 0.145. The van der Waals surface area contributed by atoms with Crippen molar-refractivity contribution >= 4 is 6.01 Å². The van der Waals surface area contributed by atoms with Gasteiger partial charge in [0, 0.05) is 6.42 Å². The van der Waals surface area contributed by atoms with Crippen LogP contribution in [0.25, 0.3) is 0 Å². The van der Waals surface area contributed by atoms with Gasteiger partial charge in [-0.3, -0.25) is 0 Å². The predicted octanol–water partition coefficient (Wildman–Crippen LogP) is 4.46. The van der Waals surface area contributed by atoms with Crippen LogP contribution in [0.2, 0.25) is 0 Å². The molecule has 1 atom stereocenters. The summed E-state index contributed by atoms with van der Waals surface area (Å²) in [5.41, 5.74) is 3.87. The van der Waals surface area contributed by atoms with E-state index in [9.17, 15) is 0 Å². The molecule has 0 aromatic carbocycles. The van der Waals surface area contributed by atoms with Gasteiger partial charge in [-0.05, 0) is 23.3 Å². The second kappa shape index (κ2) is 4.51. The zero-order valence-electron chi connectivity index (χ0n) is 12.4. The third kappa shape index (κ3) is 1.89. The first-order valence-corrected chi connectivity index (χ1v) is 7.01. The lowest BCUT2D eigenvalue weighted by Crippen LogP contribution is -2.37. The molecular weight excluding hydrogens is 220 g/mol. The molecule has 0 fully saturated rings. The van der Waals surface area contributed by atoms with Crippen LogP contribution >= 0.6 is 0 Å². The van der Waals surface area contributed by atoms with Crippen molar-refractivity contribution in [3.63, 3.8) is 0 Å². The lowest BCUT2D eigenvalue weighted by atomic mass is 9.70. The van der Waals surface area contributed by atoms with Crippen molar-refractivity contribution in [2.45, 2.75) is 53.5 Å². The van der Waals surface area contributed by atoms with Crippen LogP contribution in [0.4, 0.5) is 0 Å². The molecule has 18 heavy (non-hydrogen) atoms. The van der Waals surface area contributed by atoms with Gasteiger partial charge in [-0.15, -0.1) is 0 Å². The molecule has 0 amide bonds. The van der Waals surface area contributed by atoms with E-state index in [4.69, 9.17) is 0 Å². The second-order valence-electron chi connectivity index (χ2n) is 6.41. The molecule has 1 heterocycles. The summed E-state index contributed by atoms with van der Waals surface area (Å²) in [5.74, 6) is 1.53. The van der Waals surface area contributed by atoms with E-state index >= 15 is 0 Å². The van der Waals surface area contributed by atoms with Gasteiger partial charge in [-0.25, -0.2) is 4.99 Å². The van der Waals surface area contributed by atoms with Crippen molar-refractivity contribution in [3.8, 4) is 0 Å². The number of hydrogen-bond donors (Lipinski definition) is 0. The van der Waals surface area contributed by atoms with Crippen molar-refractivity contribution in [2.75, 3.05) is 0 Å². The number of aliphatic imine (C=N–C) groups is 2. The summed E-state index contributed by atoms with van der Waals surface area (Å²) in [6.07, 6.45) is 3.36. The fourth-order valence-electron chi connectivity index (χ4n) is 2.80. The summed E-state index contributed by atoms with van der Waals surface area (Å²) in [6, 6.07) is 2.89. The van der Waals surface area contributed by atoms with Crippen LogP contribution in [-0.4, -0.2) is 11.5 Å². The third-order valence-corrected chi connectivity index (χ3v) is 4.23. The van der Waals surface area contributed by atoms with Gasteiger partial charge in [-0.2, -0.15) is 4.99 Å². The highest BCUT2D eigenvalue weighted by molar-refractivity contribution is 5.58. The van der Waals surface area contributed by atoms with Crippen molar-refractivity contribution in [3.05, 3.63) is 22.9 Å². The SMILES string of the molecule is CC(C)C1=CC(C(C)C)=C2N=C=NC2(C(C)C)C1. The largest absolute Gasteiger partial charge is 0.211 e. The number of nitrogens with zero attached hydrogens (tertiary/aromatic N) is 2. The van der Waals surface area contributed by atoms with Crippen molar-refractivity contribution in [1.29, 1.82) is 0 Å². The Kier molecular flexibility index (Phi) is 3.33. The molecule has 1 unspecified atom stereocenters. The molecule has 2 aliphatic rings. The summed E-state index contributed by atoms with van der Waals surface area (Å²) in [6.45, 7) is 13.5. The van der Waals surface area contributed by atoms with E-state index in [1.807, 2.05) is 0 Å². The maximum absolute atomic E-state index is 4.64. The fraction of sp³-hybridized carbons (Fsp3) is 0.688. The Bertz CT molecular complexity index is 471. The molecule has 0 N–H and O–H groups in total. The van der Waals surface area contributed by atoms with E-state index in [2.05, 4.69) is 63.6 Å². The van der Waals surface area contributed by atoms with Gasteiger partial charge in [-0.1, -0.05) is 53.2 Å². The van der Waals surface area contributed by atoms with E-state index in [-0.39, 0.29) is 5.54 Å². The van der Waals surface area contributed by atoms with Gasteiger partial charge in [0.1, 0.15) is 5.54 Å². The number of allylic oxidation sites excluding steroid dienone is 2. The zero-order chi connectivity index (χ0) is 13.5. The molecule has 0 spiro atoms. The molecule has 0 aromatic rings. The Morgan fingerprint density at radius 3 is 2.28 bits per heavy atom. The molecule has 0 saturated heterocycles. The summed E-state index contributed by atoms with van der Waals surface area (Å²) >= 11 is 0. The van der Waals surface area contributed by atoms with E-state index in [0.29, 0.717) is 17.8 Å². The molecule has 1 aliphatic carbocycles. The minimum atomic E-state index is -0.145. The monoisotopic (exact) mass is 244 g/mol. The van der Waals surface area contributed by atoms with Crippen molar-refractivity contribution < 1.29 is 0 Å². The third-order valence-electron chi connectivity index (χ3n) is 4.23. The van der Waals surface area contributed by atoms with Gasteiger partial charge in [0.05, 0.1) is 11.7 Å². The first-order chi connectivity index (χ1) is 8.38. The average Bonchev–Trinajstić information content (AvgIpc) is 2.71. The molecule has 2 rings (SSSR count). The fourth-order valence-corrected chi connectivity index (χ4v) is 2.80. The molecule has 2 nitrogen and oxygen atoms in total. The Labute approximate surface area is 111 Å². The van der Waals surface area contributed by atoms with Crippen LogP contribution in [0, 0.1) is 17.8 Å². The van der Waals surface area contributed by atoms with E-state index in [1.54, 1.807) is 0 Å². The van der Waals surface area contributed by atoms with Crippen LogP contribution in [0.1, 0.15) is 48.0 Å². The topological polar surface area (TPSA) is 24.7 Å². The summed E-state index contributed by atoms with van der Waals surface area (Å²) in [7, 11) is 0. The molecule has 98 valence electrons. The standard InChI is InChI=1S/C16H24N2/c1-10(2)13-7-14(11(3)4)15-16(8-13,12(5)6)18-9-17-15/h7,10-12H,8H2,1-6H3. The Balaban J connectivity index is 2.57. The molecule has 0 saturated carbocycles.